The highest BCUT2D eigenvalue weighted by Crippen LogP contribution is 2.31. The van der Waals surface area contributed by atoms with E-state index in [0.717, 1.165) is 18.1 Å². The predicted molar refractivity (Wildman–Crippen MR) is 63.1 cm³/mol. The second-order valence-corrected chi connectivity index (χ2v) is 4.55. The summed E-state index contributed by atoms with van der Waals surface area (Å²) < 4.78 is 5.79. The van der Waals surface area contributed by atoms with Gasteiger partial charge in [0.2, 0.25) is 0 Å². The smallest absolute Gasteiger partial charge is 0.0866 e. The number of ether oxygens (including phenoxy) is 1. The molecule has 0 aromatic heterocycles. The lowest BCUT2D eigenvalue weighted by Gasteiger charge is -2.25. The van der Waals surface area contributed by atoms with Gasteiger partial charge in [0.15, 0.2) is 0 Å². The van der Waals surface area contributed by atoms with Gasteiger partial charge in [0.25, 0.3) is 0 Å². The van der Waals surface area contributed by atoms with Crippen molar-refractivity contribution in [3.63, 3.8) is 0 Å². The van der Waals surface area contributed by atoms with Crippen molar-refractivity contribution < 1.29 is 4.74 Å². The van der Waals surface area contributed by atoms with Crippen molar-refractivity contribution in [3.05, 3.63) is 46.0 Å². The largest absolute Gasteiger partial charge is 0.369 e. The number of halogens is 1. The van der Waals surface area contributed by atoms with Gasteiger partial charge in [-0.05, 0) is 43.5 Å². The highest BCUT2D eigenvalue weighted by atomic mass is 35.5. The van der Waals surface area contributed by atoms with E-state index in [2.05, 4.69) is 13.8 Å². The zero-order valence-electron chi connectivity index (χ0n) is 9.09. The van der Waals surface area contributed by atoms with Crippen molar-refractivity contribution in [2.24, 2.45) is 0 Å². The molecule has 2 rings (SSSR count). The molecule has 0 fully saturated rings. The molecule has 1 atom stereocenters. The molecule has 0 bridgehead atoms. The van der Waals surface area contributed by atoms with Crippen molar-refractivity contribution >= 4 is 11.6 Å². The van der Waals surface area contributed by atoms with Crippen LogP contribution in [0.2, 0.25) is 5.02 Å². The van der Waals surface area contributed by atoms with Crippen LogP contribution in [0.15, 0.2) is 35.4 Å². The Morgan fingerprint density at radius 2 is 1.80 bits per heavy atom. The summed E-state index contributed by atoms with van der Waals surface area (Å²) in [5.74, 6) is 0. The Hall–Kier alpha value is -0.790. The fourth-order valence-corrected chi connectivity index (χ4v) is 1.88. The van der Waals surface area contributed by atoms with Gasteiger partial charge in [-0.25, -0.2) is 0 Å². The fraction of sp³-hybridized carbons (Fsp3) is 0.385. The van der Waals surface area contributed by atoms with Crippen molar-refractivity contribution in [2.45, 2.75) is 26.4 Å². The van der Waals surface area contributed by atoms with Crippen LogP contribution in [0.4, 0.5) is 0 Å². The Balaban J connectivity index is 2.17. The maximum atomic E-state index is 5.85. The van der Waals surface area contributed by atoms with Crippen molar-refractivity contribution in [1.29, 1.82) is 0 Å². The van der Waals surface area contributed by atoms with E-state index in [9.17, 15) is 0 Å². The van der Waals surface area contributed by atoms with Gasteiger partial charge in [0.1, 0.15) is 0 Å². The van der Waals surface area contributed by atoms with Crippen LogP contribution in [-0.2, 0) is 4.74 Å². The molecule has 2 heteroatoms. The molecule has 0 saturated carbocycles. The Bertz CT molecular complexity index is 378. The second kappa shape index (κ2) is 4.38. The van der Waals surface area contributed by atoms with Gasteiger partial charge in [-0.1, -0.05) is 29.3 Å². The molecule has 1 aromatic rings. The summed E-state index contributed by atoms with van der Waals surface area (Å²) in [6.07, 6.45) is 1.19. The molecule has 1 aliphatic rings. The first-order valence-electron chi connectivity index (χ1n) is 5.19. The van der Waals surface area contributed by atoms with Gasteiger partial charge in [-0.2, -0.15) is 0 Å². The quantitative estimate of drug-likeness (QED) is 0.649. The first kappa shape index (κ1) is 10.7. The highest BCUT2D eigenvalue weighted by molar-refractivity contribution is 6.30. The molecule has 80 valence electrons. The molecule has 0 saturated heterocycles. The normalized spacial score (nSPS) is 21.9. The van der Waals surface area contributed by atoms with E-state index in [1.54, 1.807) is 0 Å². The van der Waals surface area contributed by atoms with Gasteiger partial charge >= 0.3 is 0 Å². The molecule has 1 aromatic carbocycles. The summed E-state index contributed by atoms with van der Waals surface area (Å²) in [6.45, 7) is 5.06. The zero-order chi connectivity index (χ0) is 10.8. The molecule has 15 heavy (non-hydrogen) atoms. The Labute approximate surface area is 95.7 Å². The van der Waals surface area contributed by atoms with Crippen LogP contribution in [0.1, 0.15) is 31.9 Å². The van der Waals surface area contributed by atoms with Gasteiger partial charge in [0.05, 0.1) is 12.7 Å². The molecular formula is C13H15ClO. The SMILES string of the molecule is CC1=C(C)CC(c2ccc(Cl)cc2)OC1. The molecule has 0 radical (unpaired) electrons. The van der Waals surface area contributed by atoms with Gasteiger partial charge in [-0.15, -0.1) is 0 Å². The van der Waals surface area contributed by atoms with Gasteiger partial charge < -0.3 is 4.74 Å². The van der Waals surface area contributed by atoms with Crippen molar-refractivity contribution in [1.82, 2.24) is 0 Å². The van der Waals surface area contributed by atoms with E-state index in [1.165, 1.54) is 16.7 Å². The number of benzene rings is 1. The first-order chi connectivity index (χ1) is 7.16. The molecule has 0 spiro atoms. The van der Waals surface area contributed by atoms with E-state index in [0.29, 0.717) is 0 Å². The fourth-order valence-electron chi connectivity index (χ4n) is 1.75. The lowest BCUT2D eigenvalue weighted by molar-refractivity contribution is 0.0578. The van der Waals surface area contributed by atoms with Gasteiger partial charge in [0, 0.05) is 5.02 Å². The van der Waals surface area contributed by atoms with Crippen LogP contribution in [-0.4, -0.2) is 6.61 Å². The number of hydrogen-bond donors (Lipinski definition) is 0. The van der Waals surface area contributed by atoms with Crippen LogP contribution < -0.4 is 0 Å². The van der Waals surface area contributed by atoms with E-state index >= 15 is 0 Å². The minimum Gasteiger partial charge on any atom is -0.369 e. The summed E-state index contributed by atoms with van der Waals surface area (Å²) in [7, 11) is 0. The highest BCUT2D eigenvalue weighted by Gasteiger charge is 2.18. The minimum atomic E-state index is 0.200. The molecule has 1 heterocycles. The zero-order valence-corrected chi connectivity index (χ0v) is 9.84. The molecule has 1 unspecified atom stereocenters. The molecular weight excluding hydrogens is 208 g/mol. The van der Waals surface area contributed by atoms with E-state index in [-0.39, 0.29) is 6.10 Å². The molecule has 1 nitrogen and oxygen atoms in total. The summed E-state index contributed by atoms with van der Waals surface area (Å²) in [4.78, 5) is 0. The molecule has 0 amide bonds. The van der Waals surface area contributed by atoms with Crippen LogP contribution in [0, 0.1) is 0 Å². The van der Waals surface area contributed by atoms with Crippen molar-refractivity contribution in [3.8, 4) is 0 Å². The Morgan fingerprint density at radius 3 is 2.40 bits per heavy atom. The minimum absolute atomic E-state index is 0.200. The van der Waals surface area contributed by atoms with E-state index in [4.69, 9.17) is 16.3 Å². The Kier molecular flexibility index (Phi) is 3.13. The lowest BCUT2D eigenvalue weighted by atomic mass is 9.97. The summed E-state index contributed by atoms with van der Waals surface area (Å²) in [5, 5.41) is 0.776. The van der Waals surface area contributed by atoms with Gasteiger partial charge in [-0.3, -0.25) is 0 Å². The summed E-state index contributed by atoms with van der Waals surface area (Å²) >= 11 is 5.85. The standard InChI is InChI=1S/C13H15ClO/c1-9-7-13(15-8-10(9)2)11-3-5-12(14)6-4-11/h3-6,13H,7-8H2,1-2H3. The third kappa shape index (κ3) is 2.42. The summed E-state index contributed by atoms with van der Waals surface area (Å²) in [5.41, 5.74) is 4.02. The third-order valence-corrected chi connectivity index (χ3v) is 3.21. The van der Waals surface area contributed by atoms with Crippen LogP contribution in [0.5, 0.6) is 0 Å². The third-order valence-electron chi connectivity index (χ3n) is 2.96. The number of rotatable bonds is 1. The molecule has 0 N–H and O–H groups in total. The maximum absolute atomic E-state index is 5.85. The average molecular weight is 223 g/mol. The van der Waals surface area contributed by atoms with Crippen LogP contribution >= 0.6 is 11.6 Å². The van der Waals surface area contributed by atoms with Crippen LogP contribution in [0.25, 0.3) is 0 Å². The van der Waals surface area contributed by atoms with Crippen molar-refractivity contribution in [2.75, 3.05) is 6.61 Å². The predicted octanol–water partition coefficient (Wildman–Crippen LogP) is 4.14. The topological polar surface area (TPSA) is 9.23 Å². The monoisotopic (exact) mass is 222 g/mol. The second-order valence-electron chi connectivity index (χ2n) is 4.12. The molecule has 0 aliphatic carbocycles. The maximum Gasteiger partial charge on any atom is 0.0866 e. The number of hydrogen-bond acceptors (Lipinski definition) is 1. The Morgan fingerprint density at radius 1 is 1.13 bits per heavy atom. The van der Waals surface area contributed by atoms with E-state index < -0.39 is 0 Å². The first-order valence-corrected chi connectivity index (χ1v) is 5.57. The van der Waals surface area contributed by atoms with E-state index in [1.807, 2.05) is 24.3 Å². The van der Waals surface area contributed by atoms with Crippen LogP contribution in [0.3, 0.4) is 0 Å². The summed E-state index contributed by atoms with van der Waals surface area (Å²) in [6, 6.07) is 7.92. The average Bonchev–Trinajstić information content (AvgIpc) is 2.23. The lowest BCUT2D eigenvalue weighted by Crippen LogP contribution is -2.13. The molecule has 1 aliphatic heterocycles.